The molecule has 1 aromatic rings. The van der Waals surface area contributed by atoms with Crippen LogP contribution in [0.3, 0.4) is 0 Å². The molecule has 0 aromatic heterocycles. The highest BCUT2D eigenvalue weighted by Crippen LogP contribution is 2.71. The topological polar surface area (TPSA) is 92.7 Å². The second kappa shape index (κ2) is 8.36. The maximum atomic E-state index is 13.9. The number of hydrogen-bond donors (Lipinski definition) is 0. The first-order chi connectivity index (χ1) is 16.3. The van der Waals surface area contributed by atoms with Crippen LogP contribution in [0.5, 0.6) is 5.75 Å². The molecule has 4 saturated carbocycles. The lowest BCUT2D eigenvalue weighted by Gasteiger charge is -2.49. The summed E-state index contributed by atoms with van der Waals surface area (Å²) in [5.74, 6) is 0.835. The summed E-state index contributed by atoms with van der Waals surface area (Å²) in [5, 5.41) is 0. The summed E-state index contributed by atoms with van der Waals surface area (Å²) in [5.41, 5.74) is -1.88. The zero-order valence-electron chi connectivity index (χ0n) is 19.7. The first-order valence-electron chi connectivity index (χ1n) is 12.3. The molecule has 35 heavy (non-hydrogen) atoms. The second-order valence-electron chi connectivity index (χ2n) is 11.1. The summed E-state index contributed by atoms with van der Waals surface area (Å²) in [6.45, 7) is 3.32. The van der Waals surface area contributed by atoms with Gasteiger partial charge in [-0.05, 0) is 85.8 Å². The lowest BCUT2D eigenvalue weighted by Crippen LogP contribution is -2.52. The Morgan fingerprint density at radius 3 is 2.46 bits per heavy atom. The minimum Gasteiger partial charge on any atom is -0.748 e. The van der Waals surface area contributed by atoms with Gasteiger partial charge in [-0.15, -0.1) is 0 Å². The van der Waals surface area contributed by atoms with E-state index in [1.54, 1.807) is 0 Å². The highest BCUT2D eigenvalue weighted by atomic mass is 32.2. The van der Waals surface area contributed by atoms with Gasteiger partial charge in [0.15, 0.2) is 0 Å². The van der Waals surface area contributed by atoms with Crippen LogP contribution in [0.2, 0.25) is 0 Å². The predicted molar refractivity (Wildman–Crippen MR) is 119 cm³/mol. The first kappa shape index (κ1) is 24.9. The average molecular weight is 516 g/mol. The minimum absolute atomic E-state index is 0.0171. The molecule has 5 rings (SSSR count). The van der Waals surface area contributed by atoms with E-state index in [4.69, 9.17) is 9.47 Å². The van der Waals surface area contributed by atoms with Gasteiger partial charge in [-0.1, -0.05) is 13.8 Å². The van der Waals surface area contributed by atoms with E-state index in [2.05, 4.69) is 0 Å². The third kappa shape index (κ3) is 4.24. The molecule has 0 aliphatic heterocycles. The minimum atomic E-state index is -4.68. The van der Waals surface area contributed by atoms with Gasteiger partial charge in [0.05, 0.1) is 27.0 Å². The third-order valence-corrected chi connectivity index (χ3v) is 9.85. The van der Waals surface area contributed by atoms with E-state index in [1.807, 2.05) is 13.8 Å². The maximum absolute atomic E-state index is 13.9. The number of alkyl halides is 3. The van der Waals surface area contributed by atoms with Gasteiger partial charge in [-0.25, -0.2) is 13.2 Å². The lowest BCUT2D eigenvalue weighted by molar-refractivity contribution is -0.142. The van der Waals surface area contributed by atoms with Crippen LogP contribution in [0.15, 0.2) is 18.2 Å². The maximum Gasteiger partial charge on any atom is 0.419 e. The molecule has 4 fully saturated rings. The number of esters is 1. The van der Waals surface area contributed by atoms with E-state index < -0.39 is 51.5 Å². The normalized spacial score (nSPS) is 35.5. The van der Waals surface area contributed by atoms with E-state index in [0.29, 0.717) is 30.1 Å². The fourth-order valence-corrected chi connectivity index (χ4v) is 8.30. The highest BCUT2D eigenvalue weighted by molar-refractivity contribution is 7.85. The molecule has 4 aliphatic rings. The largest absolute Gasteiger partial charge is 0.748 e. The molecule has 4 aliphatic carbocycles. The fraction of sp³-hybridized carbons (Fsp3) is 0.720. The Balaban J connectivity index is 1.45. The number of hydrogen-bond acceptors (Lipinski definition) is 6. The van der Waals surface area contributed by atoms with Gasteiger partial charge in [-0.3, -0.25) is 0 Å². The van der Waals surface area contributed by atoms with Gasteiger partial charge < -0.3 is 14.0 Å². The molecule has 0 N–H and O–H groups in total. The van der Waals surface area contributed by atoms with Gasteiger partial charge in [0.2, 0.25) is 0 Å². The smallest absolute Gasteiger partial charge is 0.419 e. The standard InChI is InChI=1S/C25H31F3O6S/c1-13(2)24(12-17-10-19(24)22-15-4-3-14(9-15)21(17)22)34-20-11-16(5-6-18(20)25(26,27)28)23(29)33-7-8-35(30,31)32/h5-6,11,13-15,17,19,21-22H,3-4,7-10,12H2,1-2H3,(H,30,31,32)/p-1. The van der Waals surface area contributed by atoms with E-state index in [9.17, 15) is 30.9 Å². The van der Waals surface area contributed by atoms with Crippen molar-refractivity contribution in [3.63, 3.8) is 0 Å². The van der Waals surface area contributed by atoms with Crippen molar-refractivity contribution in [1.29, 1.82) is 0 Å². The van der Waals surface area contributed by atoms with E-state index in [0.717, 1.165) is 30.5 Å². The molecule has 7 atom stereocenters. The van der Waals surface area contributed by atoms with Crippen LogP contribution in [0.4, 0.5) is 13.2 Å². The molecule has 194 valence electrons. The van der Waals surface area contributed by atoms with Crippen molar-refractivity contribution >= 4 is 16.1 Å². The molecule has 0 spiro atoms. The summed E-state index contributed by atoms with van der Waals surface area (Å²) >= 11 is 0. The van der Waals surface area contributed by atoms with E-state index in [-0.39, 0.29) is 17.4 Å². The Bertz CT molecular complexity index is 1120. The summed E-state index contributed by atoms with van der Waals surface area (Å²) in [6.07, 6.45) is 0.697. The molecular weight excluding hydrogens is 485 g/mol. The quantitative estimate of drug-likeness (QED) is 0.292. The summed E-state index contributed by atoms with van der Waals surface area (Å²) < 4.78 is 85.3. The third-order valence-electron chi connectivity index (χ3n) is 9.19. The monoisotopic (exact) mass is 515 g/mol. The van der Waals surface area contributed by atoms with Crippen molar-refractivity contribution in [3.8, 4) is 5.75 Å². The van der Waals surface area contributed by atoms with Gasteiger partial charge in [0.25, 0.3) is 0 Å². The Morgan fingerprint density at radius 2 is 1.83 bits per heavy atom. The number of fused-ring (bicyclic) bond motifs is 9. The zero-order chi connectivity index (χ0) is 25.3. The number of carbonyl (C=O) groups is 1. The number of carbonyl (C=O) groups excluding carboxylic acids is 1. The summed E-state index contributed by atoms with van der Waals surface area (Å²) in [6, 6.07) is 2.83. The van der Waals surface area contributed by atoms with Crippen LogP contribution in [-0.2, 0) is 21.0 Å². The van der Waals surface area contributed by atoms with Gasteiger partial charge >= 0.3 is 12.1 Å². The molecule has 1 aromatic carbocycles. The fourth-order valence-electron chi connectivity index (χ4n) is 8.01. The molecule has 0 amide bonds. The number of ether oxygens (including phenoxy) is 2. The molecule has 7 unspecified atom stereocenters. The van der Waals surface area contributed by atoms with Crippen LogP contribution in [0.25, 0.3) is 0 Å². The van der Waals surface area contributed by atoms with Crippen molar-refractivity contribution in [2.75, 3.05) is 12.4 Å². The van der Waals surface area contributed by atoms with Crippen molar-refractivity contribution in [1.82, 2.24) is 0 Å². The van der Waals surface area contributed by atoms with Crippen molar-refractivity contribution < 1.29 is 40.4 Å². The molecule has 6 nitrogen and oxygen atoms in total. The van der Waals surface area contributed by atoms with Crippen LogP contribution in [0, 0.1) is 41.4 Å². The Morgan fingerprint density at radius 1 is 1.14 bits per heavy atom. The van der Waals surface area contributed by atoms with Crippen molar-refractivity contribution in [2.24, 2.45) is 41.4 Å². The molecule has 0 heterocycles. The van der Waals surface area contributed by atoms with Crippen molar-refractivity contribution in [2.45, 2.75) is 57.7 Å². The van der Waals surface area contributed by atoms with E-state index in [1.165, 1.54) is 19.3 Å². The lowest BCUT2D eigenvalue weighted by atomic mass is 9.63. The molecule has 4 bridgehead atoms. The van der Waals surface area contributed by atoms with Crippen LogP contribution in [-0.4, -0.2) is 36.9 Å². The SMILES string of the molecule is CC(C)C1(Oc2cc(C(=O)OCCS(=O)(=O)[O-])ccc2C(F)(F)F)CC2CC1C1C3CCC(C3)C21. The molecule has 0 saturated heterocycles. The number of benzene rings is 1. The Labute approximate surface area is 203 Å². The van der Waals surface area contributed by atoms with Crippen LogP contribution < -0.4 is 4.74 Å². The van der Waals surface area contributed by atoms with Gasteiger partial charge in [0.1, 0.15) is 18.0 Å². The molecule has 0 radical (unpaired) electrons. The first-order valence-corrected chi connectivity index (χ1v) is 13.9. The Hall–Kier alpha value is -1.81. The molecular formula is C25H30F3O6S-. The van der Waals surface area contributed by atoms with Gasteiger partial charge in [0, 0.05) is 5.92 Å². The second-order valence-corrected chi connectivity index (χ2v) is 12.6. The number of halogens is 3. The highest BCUT2D eigenvalue weighted by Gasteiger charge is 2.68. The van der Waals surface area contributed by atoms with Crippen LogP contribution >= 0.6 is 0 Å². The van der Waals surface area contributed by atoms with E-state index >= 15 is 0 Å². The summed E-state index contributed by atoms with van der Waals surface area (Å²) in [4.78, 5) is 12.4. The predicted octanol–water partition coefficient (Wildman–Crippen LogP) is 4.88. The Kier molecular flexibility index (Phi) is 5.94. The van der Waals surface area contributed by atoms with Crippen molar-refractivity contribution in [3.05, 3.63) is 29.3 Å². The molecule has 10 heteroatoms. The number of rotatable bonds is 7. The van der Waals surface area contributed by atoms with Crippen LogP contribution in [0.1, 0.15) is 61.9 Å². The zero-order valence-corrected chi connectivity index (χ0v) is 20.5. The summed E-state index contributed by atoms with van der Waals surface area (Å²) in [7, 11) is -4.59. The van der Waals surface area contributed by atoms with Gasteiger partial charge in [-0.2, -0.15) is 13.2 Å². The average Bonchev–Trinajstić information content (AvgIpc) is 3.51.